The van der Waals surface area contributed by atoms with Gasteiger partial charge in [0, 0.05) is 19.3 Å². The van der Waals surface area contributed by atoms with Crippen LogP contribution >= 0.6 is 11.3 Å². The number of nitrogens with zero attached hydrogens (tertiary/aromatic N) is 1. The van der Waals surface area contributed by atoms with Gasteiger partial charge in [-0.15, -0.1) is 11.3 Å². The molecule has 0 atom stereocenters. The van der Waals surface area contributed by atoms with Crippen LogP contribution in [0.5, 0.6) is 0 Å². The van der Waals surface area contributed by atoms with Crippen molar-refractivity contribution in [3.63, 3.8) is 0 Å². The normalized spacial score (nSPS) is 10.4. The minimum atomic E-state index is -0.137. The third-order valence-corrected chi connectivity index (χ3v) is 4.71. The van der Waals surface area contributed by atoms with E-state index in [0.29, 0.717) is 13.1 Å². The van der Waals surface area contributed by atoms with Gasteiger partial charge in [-0.1, -0.05) is 36.4 Å². The highest BCUT2D eigenvalue weighted by molar-refractivity contribution is 7.13. The van der Waals surface area contributed by atoms with Crippen LogP contribution in [0.15, 0.2) is 66.2 Å². The first-order valence-corrected chi connectivity index (χ1v) is 9.24. The summed E-state index contributed by atoms with van der Waals surface area (Å²) >= 11 is 1.66. The second-order valence-electron chi connectivity index (χ2n) is 5.73. The van der Waals surface area contributed by atoms with E-state index in [1.54, 1.807) is 17.5 Å². The molecule has 5 heteroatoms. The number of rotatable bonds is 7. The molecule has 0 spiro atoms. The summed E-state index contributed by atoms with van der Waals surface area (Å²) < 4.78 is 0. The van der Waals surface area contributed by atoms with Gasteiger partial charge >= 0.3 is 6.03 Å². The lowest BCUT2D eigenvalue weighted by molar-refractivity contribution is 0.240. The molecule has 0 aliphatic rings. The number of aromatic nitrogens is 1. The molecule has 0 aliphatic carbocycles. The lowest BCUT2D eigenvalue weighted by Crippen LogP contribution is -2.35. The second-order valence-corrected chi connectivity index (χ2v) is 6.67. The number of hydrogen-bond donors (Lipinski definition) is 2. The van der Waals surface area contributed by atoms with Gasteiger partial charge in [-0.25, -0.2) is 4.79 Å². The Morgan fingerprint density at radius 2 is 1.88 bits per heavy atom. The molecule has 0 unspecified atom stereocenters. The number of benzene rings is 1. The van der Waals surface area contributed by atoms with Gasteiger partial charge in [0.25, 0.3) is 0 Å². The molecular weight excluding hydrogens is 330 g/mol. The average Bonchev–Trinajstić information content (AvgIpc) is 3.19. The predicted octanol–water partition coefficient (Wildman–Crippen LogP) is 4.24. The van der Waals surface area contributed by atoms with Crippen LogP contribution in [0, 0.1) is 0 Å². The van der Waals surface area contributed by atoms with Crippen LogP contribution in [0.2, 0.25) is 0 Å². The molecule has 2 aromatic heterocycles. The number of amides is 2. The number of pyridine rings is 1. The molecule has 2 N–H and O–H groups in total. The summed E-state index contributed by atoms with van der Waals surface area (Å²) in [5, 5.41) is 7.83. The molecule has 4 nitrogen and oxygen atoms in total. The van der Waals surface area contributed by atoms with Gasteiger partial charge in [-0.3, -0.25) is 4.98 Å². The molecule has 3 rings (SSSR count). The van der Waals surface area contributed by atoms with Crippen molar-refractivity contribution in [2.75, 3.05) is 6.54 Å². The largest absolute Gasteiger partial charge is 0.338 e. The first-order valence-electron chi connectivity index (χ1n) is 8.36. The summed E-state index contributed by atoms with van der Waals surface area (Å²) in [6, 6.07) is 18.2. The fourth-order valence-electron chi connectivity index (χ4n) is 2.53. The Hall–Kier alpha value is -2.66. The zero-order valence-electron chi connectivity index (χ0n) is 13.9. The zero-order chi connectivity index (χ0) is 17.3. The first kappa shape index (κ1) is 17.2. The molecule has 0 radical (unpaired) electrons. The number of hydrogen-bond acceptors (Lipinski definition) is 3. The number of nitrogens with one attached hydrogen (secondary N) is 2. The maximum Gasteiger partial charge on any atom is 0.315 e. The summed E-state index contributed by atoms with van der Waals surface area (Å²) in [5.74, 6) is 0. The van der Waals surface area contributed by atoms with Crippen molar-refractivity contribution in [2.45, 2.75) is 19.4 Å². The highest BCUT2D eigenvalue weighted by atomic mass is 32.1. The van der Waals surface area contributed by atoms with Gasteiger partial charge in [-0.05, 0) is 47.5 Å². The van der Waals surface area contributed by atoms with Crippen LogP contribution in [0.1, 0.15) is 17.5 Å². The minimum absolute atomic E-state index is 0.137. The maximum absolute atomic E-state index is 11.9. The molecule has 2 heterocycles. The molecular formula is C20H21N3OS. The first-order chi connectivity index (χ1) is 12.3. The quantitative estimate of drug-likeness (QED) is 0.626. The van der Waals surface area contributed by atoms with Crippen molar-refractivity contribution in [3.8, 4) is 10.6 Å². The number of urea groups is 1. The Kier molecular flexibility index (Phi) is 6.17. The maximum atomic E-state index is 11.9. The van der Waals surface area contributed by atoms with E-state index in [1.165, 1.54) is 5.56 Å². The highest BCUT2D eigenvalue weighted by Crippen LogP contribution is 2.22. The van der Waals surface area contributed by atoms with Gasteiger partial charge in [-0.2, -0.15) is 0 Å². The van der Waals surface area contributed by atoms with Crippen LogP contribution in [0.4, 0.5) is 4.79 Å². The van der Waals surface area contributed by atoms with Crippen LogP contribution in [-0.4, -0.2) is 17.6 Å². The van der Waals surface area contributed by atoms with E-state index in [4.69, 9.17) is 0 Å². The number of aryl methyl sites for hydroxylation is 1. The Morgan fingerprint density at radius 3 is 2.68 bits per heavy atom. The second kappa shape index (κ2) is 8.99. The van der Waals surface area contributed by atoms with Gasteiger partial charge < -0.3 is 10.6 Å². The monoisotopic (exact) mass is 351 g/mol. The van der Waals surface area contributed by atoms with E-state index in [-0.39, 0.29) is 6.03 Å². The molecule has 3 aromatic rings. The minimum Gasteiger partial charge on any atom is -0.338 e. The number of thiophene rings is 1. The van der Waals surface area contributed by atoms with Crippen LogP contribution in [0.3, 0.4) is 0 Å². The summed E-state index contributed by atoms with van der Waals surface area (Å²) in [6.07, 6.45) is 3.68. The van der Waals surface area contributed by atoms with Crippen molar-refractivity contribution in [3.05, 3.63) is 77.3 Å². The Morgan fingerprint density at radius 1 is 1.00 bits per heavy atom. The summed E-state index contributed by atoms with van der Waals surface area (Å²) in [7, 11) is 0. The van der Waals surface area contributed by atoms with Crippen molar-refractivity contribution < 1.29 is 4.79 Å². The van der Waals surface area contributed by atoms with Gasteiger partial charge in [0.2, 0.25) is 0 Å². The van der Waals surface area contributed by atoms with Gasteiger partial charge in [0.05, 0.1) is 10.6 Å². The summed E-state index contributed by atoms with van der Waals surface area (Å²) in [4.78, 5) is 17.4. The van der Waals surface area contributed by atoms with Crippen LogP contribution in [0.25, 0.3) is 10.6 Å². The Balaban J connectivity index is 1.39. The van der Waals surface area contributed by atoms with Gasteiger partial charge in [0.1, 0.15) is 0 Å². The molecule has 128 valence electrons. The summed E-state index contributed by atoms with van der Waals surface area (Å²) in [5.41, 5.74) is 3.28. The Bertz CT molecular complexity index is 788. The molecule has 0 bridgehead atoms. The predicted molar refractivity (Wildman–Crippen MR) is 103 cm³/mol. The standard InChI is InChI=1S/C20H21N3OS/c24-20(22-11-4-8-16-6-2-1-3-7-16)23-15-17-10-12-21-18(14-17)19-9-5-13-25-19/h1-3,5-7,9-10,12-14H,4,8,11,15H2,(H2,22,23,24). The number of carbonyl (C=O) groups excluding carboxylic acids is 1. The Labute approximate surface area is 151 Å². The average molecular weight is 351 g/mol. The third-order valence-electron chi connectivity index (χ3n) is 3.82. The van der Waals surface area contributed by atoms with Crippen molar-refractivity contribution in [1.82, 2.24) is 15.6 Å². The van der Waals surface area contributed by atoms with E-state index in [9.17, 15) is 4.79 Å². The van der Waals surface area contributed by atoms with E-state index in [2.05, 4.69) is 27.8 Å². The van der Waals surface area contributed by atoms with Gasteiger partial charge in [0.15, 0.2) is 0 Å². The fourth-order valence-corrected chi connectivity index (χ4v) is 3.22. The van der Waals surface area contributed by atoms with Crippen molar-refractivity contribution >= 4 is 17.4 Å². The van der Waals surface area contributed by atoms with Crippen molar-refractivity contribution in [2.24, 2.45) is 0 Å². The van der Waals surface area contributed by atoms with E-state index >= 15 is 0 Å². The molecule has 1 aromatic carbocycles. The topological polar surface area (TPSA) is 54.0 Å². The fraction of sp³-hybridized carbons (Fsp3) is 0.200. The van der Waals surface area contributed by atoms with E-state index < -0.39 is 0 Å². The molecule has 2 amide bonds. The van der Waals surface area contributed by atoms with Crippen LogP contribution in [-0.2, 0) is 13.0 Å². The van der Waals surface area contributed by atoms with E-state index in [0.717, 1.165) is 29.0 Å². The lowest BCUT2D eigenvalue weighted by atomic mass is 10.1. The lowest BCUT2D eigenvalue weighted by Gasteiger charge is -2.08. The van der Waals surface area contributed by atoms with E-state index in [1.807, 2.05) is 47.8 Å². The molecule has 0 saturated carbocycles. The number of carbonyl (C=O) groups is 1. The smallest absolute Gasteiger partial charge is 0.315 e. The molecule has 25 heavy (non-hydrogen) atoms. The zero-order valence-corrected chi connectivity index (χ0v) is 14.8. The molecule has 0 fully saturated rings. The highest BCUT2D eigenvalue weighted by Gasteiger charge is 2.04. The third kappa shape index (κ3) is 5.43. The SMILES string of the molecule is O=C(NCCCc1ccccc1)NCc1ccnc(-c2cccs2)c1. The molecule has 0 saturated heterocycles. The van der Waals surface area contributed by atoms with Crippen LogP contribution < -0.4 is 10.6 Å². The molecule has 0 aliphatic heterocycles. The van der Waals surface area contributed by atoms with Crippen molar-refractivity contribution in [1.29, 1.82) is 0 Å². The summed E-state index contributed by atoms with van der Waals surface area (Å²) in [6.45, 7) is 1.16.